The number of nitrogens with one attached hydrogen (secondary N) is 1. The molecule has 1 aromatic heterocycles. The third kappa shape index (κ3) is 3.37. The normalized spacial score (nSPS) is 13.4. The van der Waals surface area contributed by atoms with E-state index in [1.165, 1.54) is 11.0 Å². The molecule has 2 amide bonds. The Bertz CT molecular complexity index is 777. The number of hydrogen-bond acceptors (Lipinski definition) is 4. The van der Waals surface area contributed by atoms with E-state index in [0.29, 0.717) is 22.9 Å². The number of hydrogen-bond donors (Lipinski definition) is 1. The van der Waals surface area contributed by atoms with Crippen LogP contribution in [0.25, 0.3) is 0 Å². The van der Waals surface area contributed by atoms with E-state index in [0.717, 1.165) is 18.7 Å². The van der Waals surface area contributed by atoms with Crippen LogP contribution in [-0.2, 0) is 11.3 Å². The first-order valence-electron chi connectivity index (χ1n) is 7.83. The Morgan fingerprint density at radius 1 is 1.46 bits per heavy atom. The van der Waals surface area contributed by atoms with Gasteiger partial charge in [-0.15, -0.1) is 0 Å². The van der Waals surface area contributed by atoms with Crippen molar-refractivity contribution >= 4 is 17.5 Å². The molecule has 1 fully saturated rings. The molecule has 24 heavy (non-hydrogen) atoms. The van der Waals surface area contributed by atoms with Crippen molar-refractivity contribution in [1.82, 2.24) is 10.3 Å². The molecule has 1 aliphatic rings. The predicted molar refractivity (Wildman–Crippen MR) is 89.7 cm³/mol. The summed E-state index contributed by atoms with van der Waals surface area (Å²) in [4.78, 5) is 29.9. The quantitative estimate of drug-likeness (QED) is 0.829. The lowest BCUT2D eigenvalue weighted by atomic mass is 10.1. The highest BCUT2D eigenvalue weighted by Crippen LogP contribution is 2.39. The fourth-order valence-electron chi connectivity index (χ4n) is 2.44. The average Bonchev–Trinajstić information content (AvgIpc) is 3.37. The Kier molecular flexibility index (Phi) is 4.46. The van der Waals surface area contributed by atoms with E-state index < -0.39 is 0 Å². The maximum Gasteiger partial charge on any atom is 0.251 e. The Balaban J connectivity index is 1.86. The van der Waals surface area contributed by atoms with Gasteiger partial charge in [0.1, 0.15) is 5.76 Å². The minimum atomic E-state index is -0.270. The Hall–Kier alpha value is -2.89. The molecule has 0 saturated heterocycles. The fourth-order valence-corrected chi connectivity index (χ4v) is 2.44. The molecule has 2 aromatic rings. The van der Waals surface area contributed by atoms with Crippen LogP contribution in [0.2, 0.25) is 0 Å². The van der Waals surface area contributed by atoms with Crippen molar-refractivity contribution in [3.8, 4) is 0 Å². The zero-order valence-electron chi connectivity index (χ0n) is 13.5. The van der Waals surface area contributed by atoms with Gasteiger partial charge in [-0.2, -0.15) is 0 Å². The van der Waals surface area contributed by atoms with Crippen LogP contribution in [0.3, 0.4) is 0 Å². The first kappa shape index (κ1) is 16.0. The highest BCUT2D eigenvalue weighted by Gasteiger charge is 2.29. The van der Waals surface area contributed by atoms with Gasteiger partial charge < -0.3 is 14.6 Å². The van der Waals surface area contributed by atoms with Crippen molar-refractivity contribution in [3.63, 3.8) is 0 Å². The second-order valence-corrected chi connectivity index (χ2v) is 5.70. The Labute approximate surface area is 140 Å². The van der Waals surface area contributed by atoms with E-state index in [2.05, 4.69) is 16.9 Å². The van der Waals surface area contributed by atoms with Crippen LogP contribution in [-0.4, -0.2) is 23.8 Å². The molecule has 1 saturated carbocycles. The second kappa shape index (κ2) is 6.70. The van der Waals surface area contributed by atoms with Crippen LogP contribution >= 0.6 is 0 Å². The molecule has 0 unspecified atom stereocenters. The highest BCUT2D eigenvalue weighted by atomic mass is 16.4. The van der Waals surface area contributed by atoms with Gasteiger partial charge in [-0.1, -0.05) is 12.6 Å². The van der Waals surface area contributed by atoms with Crippen LogP contribution in [0, 0.1) is 0 Å². The summed E-state index contributed by atoms with van der Waals surface area (Å²) in [5.41, 5.74) is 1.08. The van der Waals surface area contributed by atoms with Gasteiger partial charge >= 0.3 is 0 Å². The van der Waals surface area contributed by atoms with Crippen LogP contribution in [0.5, 0.6) is 0 Å². The summed E-state index contributed by atoms with van der Waals surface area (Å²) in [6, 6.07) is 6.86. The maximum atomic E-state index is 12.3. The van der Waals surface area contributed by atoms with Crippen LogP contribution < -0.4 is 10.2 Å². The van der Waals surface area contributed by atoms with Gasteiger partial charge in [-0.25, -0.2) is 4.98 Å². The SMILES string of the molecule is C=CC(=O)N(Cc1cnc(C2CC2)o1)c1cccc(C(=O)NC)c1. The summed E-state index contributed by atoms with van der Waals surface area (Å²) in [5, 5.41) is 2.57. The number of amides is 2. The van der Waals surface area contributed by atoms with E-state index in [9.17, 15) is 9.59 Å². The van der Waals surface area contributed by atoms with E-state index >= 15 is 0 Å². The highest BCUT2D eigenvalue weighted by molar-refractivity contribution is 6.02. The fraction of sp³-hybridized carbons (Fsp3) is 0.278. The second-order valence-electron chi connectivity index (χ2n) is 5.70. The topological polar surface area (TPSA) is 75.4 Å². The lowest BCUT2D eigenvalue weighted by Gasteiger charge is -2.20. The number of rotatable bonds is 6. The monoisotopic (exact) mass is 325 g/mol. The molecule has 0 atom stereocenters. The number of benzene rings is 1. The number of oxazole rings is 1. The van der Waals surface area contributed by atoms with Gasteiger partial charge in [0, 0.05) is 24.2 Å². The molecule has 0 aliphatic heterocycles. The van der Waals surface area contributed by atoms with Crippen molar-refractivity contribution in [2.24, 2.45) is 0 Å². The third-order valence-corrected chi connectivity index (χ3v) is 3.90. The lowest BCUT2D eigenvalue weighted by molar-refractivity contribution is -0.114. The molecule has 1 heterocycles. The molecule has 6 nitrogen and oxygen atoms in total. The molecule has 1 aromatic carbocycles. The smallest absolute Gasteiger partial charge is 0.251 e. The standard InChI is InChI=1S/C18H19N3O3/c1-3-16(22)21(11-15-10-20-18(24-15)12-7-8-12)14-6-4-5-13(9-14)17(23)19-2/h3-6,9-10,12H,1,7-8,11H2,2H3,(H,19,23). The summed E-state index contributed by atoms with van der Waals surface area (Å²) in [6.07, 6.45) is 5.09. The van der Waals surface area contributed by atoms with Gasteiger partial charge in [0.25, 0.3) is 11.8 Å². The zero-order chi connectivity index (χ0) is 17.1. The molecule has 0 spiro atoms. The average molecular weight is 325 g/mol. The number of anilines is 1. The maximum absolute atomic E-state index is 12.3. The van der Waals surface area contributed by atoms with Crippen LogP contribution in [0.1, 0.15) is 40.8 Å². The summed E-state index contributed by atoms with van der Waals surface area (Å²) in [5.74, 6) is 1.28. The Morgan fingerprint density at radius 2 is 2.25 bits per heavy atom. The van der Waals surface area contributed by atoms with E-state index in [1.807, 2.05) is 0 Å². The lowest BCUT2D eigenvalue weighted by Crippen LogP contribution is -2.29. The minimum absolute atomic E-state index is 0.210. The summed E-state index contributed by atoms with van der Waals surface area (Å²) in [7, 11) is 1.57. The largest absolute Gasteiger partial charge is 0.444 e. The molecular weight excluding hydrogens is 306 g/mol. The van der Waals surface area contributed by atoms with Crippen molar-refractivity contribution in [3.05, 3.63) is 60.3 Å². The summed E-state index contributed by atoms with van der Waals surface area (Å²) >= 11 is 0. The van der Waals surface area contributed by atoms with Crippen molar-refractivity contribution in [2.75, 3.05) is 11.9 Å². The van der Waals surface area contributed by atoms with Gasteiger partial charge in [0.2, 0.25) is 0 Å². The number of aromatic nitrogens is 1. The molecule has 0 bridgehead atoms. The predicted octanol–water partition coefficient (Wildman–Crippen LogP) is 2.63. The van der Waals surface area contributed by atoms with E-state index in [4.69, 9.17) is 4.42 Å². The van der Waals surface area contributed by atoms with Crippen LogP contribution in [0.15, 0.2) is 47.5 Å². The summed E-state index contributed by atoms with van der Waals surface area (Å²) in [6.45, 7) is 3.79. The molecule has 6 heteroatoms. The van der Waals surface area contributed by atoms with Gasteiger partial charge in [0.15, 0.2) is 5.89 Å². The van der Waals surface area contributed by atoms with Gasteiger partial charge in [-0.3, -0.25) is 9.59 Å². The molecule has 1 aliphatic carbocycles. The van der Waals surface area contributed by atoms with Crippen molar-refractivity contribution < 1.29 is 14.0 Å². The first-order valence-corrected chi connectivity index (χ1v) is 7.83. The molecule has 124 valence electrons. The summed E-state index contributed by atoms with van der Waals surface area (Å²) < 4.78 is 5.73. The van der Waals surface area contributed by atoms with Gasteiger partial charge in [0.05, 0.1) is 12.7 Å². The molecule has 3 rings (SSSR count). The number of carbonyl (C=O) groups is 2. The van der Waals surface area contributed by atoms with Crippen molar-refractivity contribution in [2.45, 2.75) is 25.3 Å². The van der Waals surface area contributed by atoms with E-state index in [-0.39, 0.29) is 18.4 Å². The first-order chi connectivity index (χ1) is 11.6. The third-order valence-electron chi connectivity index (χ3n) is 3.90. The Morgan fingerprint density at radius 3 is 2.92 bits per heavy atom. The number of carbonyl (C=O) groups excluding carboxylic acids is 2. The number of nitrogens with zero attached hydrogens (tertiary/aromatic N) is 2. The van der Waals surface area contributed by atoms with Gasteiger partial charge in [-0.05, 0) is 37.1 Å². The van der Waals surface area contributed by atoms with Crippen LogP contribution in [0.4, 0.5) is 5.69 Å². The van der Waals surface area contributed by atoms with E-state index in [1.54, 1.807) is 37.5 Å². The zero-order valence-corrected chi connectivity index (χ0v) is 13.5. The molecular formula is C18H19N3O3. The molecule has 0 radical (unpaired) electrons. The van der Waals surface area contributed by atoms with Crippen molar-refractivity contribution in [1.29, 1.82) is 0 Å². The minimum Gasteiger partial charge on any atom is -0.444 e. The molecule has 1 N–H and O–H groups in total.